The Balaban J connectivity index is 1.65. The van der Waals surface area contributed by atoms with Crippen LogP contribution in [0.1, 0.15) is 47.0 Å². The largest absolute Gasteiger partial charge is 0.338 e. The average Bonchev–Trinajstić information content (AvgIpc) is 3.22. The van der Waals surface area contributed by atoms with Crippen LogP contribution in [0.3, 0.4) is 0 Å². The van der Waals surface area contributed by atoms with Crippen molar-refractivity contribution in [3.05, 3.63) is 16.1 Å². The smallest absolute Gasteiger partial charge is 0.265 e. The molecule has 0 N–H and O–H groups in total. The lowest BCUT2D eigenvalue weighted by Gasteiger charge is -2.35. The van der Waals surface area contributed by atoms with Crippen LogP contribution in [0, 0.1) is 0 Å². The van der Waals surface area contributed by atoms with Gasteiger partial charge in [-0.2, -0.15) is 0 Å². The molecule has 0 bridgehead atoms. The molecule has 1 amide bonds. The highest BCUT2D eigenvalue weighted by molar-refractivity contribution is 7.88. The number of carbonyl (C=O) groups excluding carboxylic acids is 1. The standard InChI is InChI=1S/C14H21N3O3S2/c1-16(11-5-7-17(8-6-11)22(2,19)20)14(18)13-12(10-3-4-10)15-9-21-13/h9-11H,3-8H2,1-2H3. The molecule has 3 rings (SSSR count). The Kier molecular flexibility index (Phi) is 4.26. The lowest BCUT2D eigenvalue weighted by atomic mass is 10.0. The fourth-order valence-electron chi connectivity index (χ4n) is 2.95. The first-order valence-corrected chi connectivity index (χ1v) is 10.3. The number of piperidine rings is 1. The van der Waals surface area contributed by atoms with Crippen LogP contribution in [0.2, 0.25) is 0 Å². The lowest BCUT2D eigenvalue weighted by Crippen LogP contribution is -2.47. The number of hydrogen-bond acceptors (Lipinski definition) is 5. The van der Waals surface area contributed by atoms with Gasteiger partial charge in [-0.25, -0.2) is 17.7 Å². The SMILES string of the molecule is CN(C(=O)c1scnc1C1CC1)C1CCN(S(C)(=O)=O)CC1. The molecule has 2 fully saturated rings. The second-order valence-corrected chi connectivity index (χ2v) is 8.99. The van der Waals surface area contributed by atoms with Crippen molar-refractivity contribution in [2.75, 3.05) is 26.4 Å². The fourth-order valence-corrected chi connectivity index (χ4v) is 4.68. The van der Waals surface area contributed by atoms with Crippen molar-refractivity contribution in [1.29, 1.82) is 0 Å². The molecule has 22 heavy (non-hydrogen) atoms. The van der Waals surface area contributed by atoms with Crippen LogP contribution < -0.4 is 0 Å². The average molecular weight is 343 g/mol. The molecule has 2 heterocycles. The molecule has 1 saturated carbocycles. The highest BCUT2D eigenvalue weighted by atomic mass is 32.2. The van der Waals surface area contributed by atoms with Crippen molar-refractivity contribution < 1.29 is 13.2 Å². The first-order chi connectivity index (χ1) is 10.4. The molecule has 0 atom stereocenters. The van der Waals surface area contributed by atoms with Crippen LogP contribution in [0.25, 0.3) is 0 Å². The number of aromatic nitrogens is 1. The van der Waals surface area contributed by atoms with E-state index >= 15 is 0 Å². The van der Waals surface area contributed by atoms with E-state index < -0.39 is 10.0 Å². The summed E-state index contributed by atoms with van der Waals surface area (Å²) in [6.07, 6.45) is 4.86. The number of rotatable bonds is 4. The number of thiazole rings is 1. The molecule has 1 aromatic heterocycles. The van der Waals surface area contributed by atoms with Crippen LogP contribution in [-0.4, -0.2) is 60.9 Å². The van der Waals surface area contributed by atoms with E-state index in [0.29, 0.717) is 31.8 Å². The Hall–Kier alpha value is -0.990. The normalized spacial score (nSPS) is 21.0. The molecule has 0 spiro atoms. The molecule has 0 aromatic carbocycles. The Morgan fingerprint density at radius 2 is 1.95 bits per heavy atom. The van der Waals surface area contributed by atoms with Crippen LogP contribution in [0.4, 0.5) is 0 Å². The van der Waals surface area contributed by atoms with Gasteiger partial charge in [0.15, 0.2) is 0 Å². The molecule has 0 unspecified atom stereocenters. The van der Waals surface area contributed by atoms with E-state index in [4.69, 9.17) is 0 Å². The summed E-state index contributed by atoms with van der Waals surface area (Å²) in [4.78, 5) is 19.6. The minimum atomic E-state index is -3.13. The quantitative estimate of drug-likeness (QED) is 0.831. The molecule has 1 aliphatic heterocycles. The van der Waals surface area contributed by atoms with Gasteiger partial charge in [-0.1, -0.05) is 0 Å². The second-order valence-electron chi connectivity index (χ2n) is 6.15. The molecular weight excluding hydrogens is 322 g/mol. The van der Waals surface area contributed by atoms with Crippen molar-refractivity contribution in [2.24, 2.45) is 0 Å². The summed E-state index contributed by atoms with van der Waals surface area (Å²) in [5.74, 6) is 0.493. The van der Waals surface area contributed by atoms with Gasteiger partial charge in [0, 0.05) is 32.1 Å². The third-order valence-electron chi connectivity index (χ3n) is 4.51. The minimum Gasteiger partial charge on any atom is -0.338 e. The molecule has 1 aliphatic carbocycles. The van der Waals surface area contributed by atoms with Crippen LogP contribution in [-0.2, 0) is 10.0 Å². The fraction of sp³-hybridized carbons (Fsp3) is 0.714. The number of nitrogens with zero attached hydrogens (tertiary/aromatic N) is 3. The summed E-state index contributed by atoms with van der Waals surface area (Å²) in [6.45, 7) is 0.971. The van der Waals surface area contributed by atoms with Gasteiger partial charge >= 0.3 is 0 Å². The van der Waals surface area contributed by atoms with E-state index in [1.807, 2.05) is 7.05 Å². The molecule has 1 saturated heterocycles. The maximum atomic E-state index is 12.7. The third-order valence-corrected chi connectivity index (χ3v) is 6.65. The van der Waals surface area contributed by atoms with Gasteiger partial charge in [0.25, 0.3) is 5.91 Å². The highest BCUT2D eigenvalue weighted by Gasteiger charge is 2.34. The van der Waals surface area contributed by atoms with Gasteiger partial charge in [0.1, 0.15) is 4.88 Å². The third kappa shape index (κ3) is 3.18. The molecule has 122 valence electrons. The van der Waals surface area contributed by atoms with Gasteiger partial charge in [0.05, 0.1) is 17.5 Å². The van der Waals surface area contributed by atoms with Crippen molar-refractivity contribution in [1.82, 2.24) is 14.2 Å². The number of amides is 1. The van der Waals surface area contributed by atoms with Gasteiger partial charge in [-0.05, 0) is 25.7 Å². The minimum absolute atomic E-state index is 0.0298. The van der Waals surface area contributed by atoms with Gasteiger partial charge in [-0.3, -0.25) is 4.79 Å². The Morgan fingerprint density at radius 3 is 2.50 bits per heavy atom. The topological polar surface area (TPSA) is 70.6 Å². The predicted octanol–water partition coefficient (Wildman–Crippen LogP) is 1.52. The van der Waals surface area contributed by atoms with E-state index in [1.165, 1.54) is 21.9 Å². The molecule has 6 nitrogen and oxygen atoms in total. The second kappa shape index (κ2) is 5.90. The van der Waals surface area contributed by atoms with E-state index in [2.05, 4.69) is 4.98 Å². The van der Waals surface area contributed by atoms with E-state index in [9.17, 15) is 13.2 Å². The summed E-state index contributed by atoms with van der Waals surface area (Å²) in [5.41, 5.74) is 2.71. The Morgan fingerprint density at radius 1 is 1.32 bits per heavy atom. The zero-order valence-corrected chi connectivity index (χ0v) is 14.5. The number of sulfonamides is 1. The summed E-state index contributed by atoms with van der Waals surface area (Å²) >= 11 is 1.41. The molecule has 1 aromatic rings. The first-order valence-electron chi connectivity index (χ1n) is 7.53. The maximum Gasteiger partial charge on any atom is 0.265 e. The van der Waals surface area contributed by atoms with Crippen molar-refractivity contribution in [3.63, 3.8) is 0 Å². The maximum absolute atomic E-state index is 12.7. The predicted molar refractivity (Wildman–Crippen MR) is 85.6 cm³/mol. The van der Waals surface area contributed by atoms with Crippen LogP contribution in [0.5, 0.6) is 0 Å². The summed E-state index contributed by atoms with van der Waals surface area (Å²) in [7, 11) is -1.31. The van der Waals surface area contributed by atoms with Crippen molar-refractivity contribution in [3.8, 4) is 0 Å². The van der Waals surface area contributed by atoms with Gasteiger partial charge in [-0.15, -0.1) is 11.3 Å². The van der Waals surface area contributed by atoms with Gasteiger partial charge < -0.3 is 4.90 Å². The number of carbonyl (C=O) groups is 1. The van der Waals surface area contributed by atoms with E-state index in [1.54, 1.807) is 10.4 Å². The number of hydrogen-bond donors (Lipinski definition) is 0. The summed E-state index contributed by atoms with van der Waals surface area (Å²) in [5, 5.41) is 0. The Labute approximate surface area is 135 Å². The lowest BCUT2D eigenvalue weighted by molar-refractivity contribution is 0.0686. The highest BCUT2D eigenvalue weighted by Crippen LogP contribution is 2.42. The van der Waals surface area contributed by atoms with E-state index in [0.717, 1.165) is 23.4 Å². The zero-order chi connectivity index (χ0) is 15.9. The van der Waals surface area contributed by atoms with Gasteiger partial charge in [0.2, 0.25) is 10.0 Å². The monoisotopic (exact) mass is 343 g/mol. The van der Waals surface area contributed by atoms with Crippen LogP contribution >= 0.6 is 11.3 Å². The summed E-state index contributed by atoms with van der Waals surface area (Å²) in [6, 6.07) is 0.0969. The Bertz CT molecular complexity index is 659. The first kappa shape index (κ1) is 15.9. The van der Waals surface area contributed by atoms with Crippen molar-refractivity contribution >= 4 is 27.3 Å². The molecule has 8 heteroatoms. The van der Waals surface area contributed by atoms with Crippen LogP contribution in [0.15, 0.2) is 5.51 Å². The zero-order valence-electron chi connectivity index (χ0n) is 12.9. The summed E-state index contributed by atoms with van der Waals surface area (Å²) < 4.78 is 24.6. The van der Waals surface area contributed by atoms with E-state index in [-0.39, 0.29) is 11.9 Å². The molecule has 2 aliphatic rings. The molecular formula is C14H21N3O3S2. The van der Waals surface area contributed by atoms with Crippen molar-refractivity contribution in [2.45, 2.75) is 37.6 Å². The molecule has 0 radical (unpaired) electrons.